The standard InChI is InChI=1S/C23H29NO6S/c1-14-9-15(2)23(16(3)10-14)31(26,27)24-8-7-17-11-20(28-4)21(29-5)12-18(17)19(24)13-22(25)30-6/h9-12,19H,7-8,13H2,1-6H3/t19-/m1/s1. The van der Waals surface area contributed by atoms with Crippen LogP contribution in [0.5, 0.6) is 11.5 Å². The topological polar surface area (TPSA) is 82.1 Å². The molecular formula is C23H29NO6S. The highest BCUT2D eigenvalue weighted by molar-refractivity contribution is 7.89. The summed E-state index contributed by atoms with van der Waals surface area (Å²) in [4.78, 5) is 12.5. The van der Waals surface area contributed by atoms with Gasteiger partial charge >= 0.3 is 5.97 Å². The van der Waals surface area contributed by atoms with E-state index in [0.717, 1.165) is 16.7 Å². The summed E-state index contributed by atoms with van der Waals surface area (Å²) in [6, 6.07) is 6.63. The molecule has 0 saturated carbocycles. The molecule has 1 aliphatic rings. The summed E-state index contributed by atoms with van der Waals surface area (Å²) < 4.78 is 44.8. The molecule has 2 aromatic carbocycles. The third-order valence-corrected chi connectivity index (χ3v) is 7.93. The van der Waals surface area contributed by atoms with Gasteiger partial charge in [-0.3, -0.25) is 4.79 Å². The minimum absolute atomic E-state index is 0.0951. The van der Waals surface area contributed by atoms with Crippen molar-refractivity contribution in [3.8, 4) is 11.5 Å². The fraction of sp³-hybridized carbons (Fsp3) is 0.435. The van der Waals surface area contributed by atoms with E-state index in [4.69, 9.17) is 14.2 Å². The predicted molar refractivity (Wildman–Crippen MR) is 117 cm³/mol. The van der Waals surface area contributed by atoms with Gasteiger partial charge in [-0.2, -0.15) is 4.31 Å². The number of hydrogen-bond acceptors (Lipinski definition) is 6. The van der Waals surface area contributed by atoms with Crippen molar-refractivity contribution < 1.29 is 27.4 Å². The molecule has 31 heavy (non-hydrogen) atoms. The van der Waals surface area contributed by atoms with Crippen molar-refractivity contribution in [2.45, 2.75) is 44.6 Å². The maximum absolute atomic E-state index is 13.8. The summed E-state index contributed by atoms with van der Waals surface area (Å²) in [5.41, 5.74) is 4.02. The zero-order valence-electron chi connectivity index (χ0n) is 18.8. The number of sulfonamides is 1. The molecule has 1 aliphatic heterocycles. The fourth-order valence-electron chi connectivity index (χ4n) is 4.44. The molecule has 168 valence electrons. The van der Waals surface area contributed by atoms with Crippen LogP contribution in [0.1, 0.15) is 40.3 Å². The van der Waals surface area contributed by atoms with Gasteiger partial charge in [-0.05, 0) is 61.6 Å². The average Bonchev–Trinajstić information content (AvgIpc) is 2.71. The highest BCUT2D eigenvalue weighted by Crippen LogP contribution is 2.42. The molecule has 0 fully saturated rings. The van der Waals surface area contributed by atoms with Crippen molar-refractivity contribution >= 4 is 16.0 Å². The van der Waals surface area contributed by atoms with Gasteiger partial charge in [-0.25, -0.2) is 8.42 Å². The Morgan fingerprint density at radius 3 is 2.13 bits per heavy atom. The molecule has 7 nitrogen and oxygen atoms in total. The van der Waals surface area contributed by atoms with Crippen LogP contribution in [-0.4, -0.2) is 46.6 Å². The molecule has 1 heterocycles. The summed E-state index contributed by atoms with van der Waals surface area (Å²) in [6.45, 7) is 5.79. The maximum Gasteiger partial charge on any atom is 0.307 e. The van der Waals surface area contributed by atoms with E-state index in [-0.39, 0.29) is 17.9 Å². The maximum atomic E-state index is 13.8. The van der Waals surface area contributed by atoms with Crippen molar-refractivity contribution in [3.63, 3.8) is 0 Å². The van der Waals surface area contributed by atoms with Crippen LogP contribution < -0.4 is 9.47 Å². The second-order valence-corrected chi connectivity index (χ2v) is 9.62. The number of benzene rings is 2. The van der Waals surface area contributed by atoms with E-state index in [1.54, 1.807) is 27.0 Å². The van der Waals surface area contributed by atoms with Crippen molar-refractivity contribution in [2.75, 3.05) is 27.9 Å². The molecule has 0 radical (unpaired) electrons. The zero-order valence-corrected chi connectivity index (χ0v) is 19.6. The SMILES string of the molecule is COC(=O)C[C@@H]1c2cc(OC)c(OC)cc2CCN1S(=O)(=O)c1c(C)cc(C)cc1C. The number of esters is 1. The number of aryl methyl sites for hydroxylation is 3. The summed E-state index contributed by atoms with van der Waals surface area (Å²) >= 11 is 0. The molecule has 0 amide bonds. The number of methoxy groups -OCH3 is 3. The van der Waals surface area contributed by atoms with Crippen LogP contribution in [-0.2, 0) is 26.0 Å². The van der Waals surface area contributed by atoms with Gasteiger partial charge in [0.25, 0.3) is 0 Å². The zero-order chi connectivity index (χ0) is 22.9. The van der Waals surface area contributed by atoms with Crippen LogP contribution in [0, 0.1) is 20.8 Å². The van der Waals surface area contributed by atoms with Gasteiger partial charge in [0.2, 0.25) is 10.0 Å². The molecular weight excluding hydrogens is 418 g/mol. The van der Waals surface area contributed by atoms with E-state index in [1.165, 1.54) is 18.5 Å². The molecule has 0 aromatic heterocycles. The number of fused-ring (bicyclic) bond motifs is 1. The summed E-state index contributed by atoms with van der Waals surface area (Å²) in [5, 5.41) is 0. The first-order valence-electron chi connectivity index (χ1n) is 10.0. The summed E-state index contributed by atoms with van der Waals surface area (Å²) in [6.07, 6.45) is 0.402. The van der Waals surface area contributed by atoms with Gasteiger partial charge < -0.3 is 14.2 Å². The molecule has 0 N–H and O–H groups in total. The third kappa shape index (κ3) is 4.27. The van der Waals surface area contributed by atoms with Crippen LogP contribution in [0.4, 0.5) is 0 Å². The Morgan fingerprint density at radius 1 is 1.00 bits per heavy atom. The third-order valence-electron chi connectivity index (χ3n) is 5.71. The Bertz CT molecular complexity index is 1090. The van der Waals surface area contributed by atoms with Crippen molar-refractivity contribution in [2.24, 2.45) is 0 Å². The lowest BCUT2D eigenvalue weighted by molar-refractivity contribution is -0.141. The Balaban J connectivity index is 2.18. The molecule has 0 saturated heterocycles. The summed E-state index contributed by atoms with van der Waals surface area (Å²) in [7, 11) is 0.510. The van der Waals surface area contributed by atoms with Crippen LogP contribution in [0.25, 0.3) is 0 Å². The molecule has 0 aliphatic carbocycles. The van der Waals surface area contributed by atoms with E-state index in [9.17, 15) is 13.2 Å². The normalized spacial score (nSPS) is 16.5. The fourth-order valence-corrected chi connectivity index (χ4v) is 6.46. The molecule has 3 rings (SSSR count). The Hall–Kier alpha value is -2.58. The highest BCUT2D eigenvalue weighted by Gasteiger charge is 2.39. The monoisotopic (exact) mass is 447 g/mol. The van der Waals surface area contributed by atoms with Gasteiger partial charge in [-0.15, -0.1) is 0 Å². The van der Waals surface area contributed by atoms with Gasteiger partial charge in [0, 0.05) is 6.54 Å². The first kappa shape index (κ1) is 23.1. The molecule has 0 spiro atoms. The van der Waals surface area contributed by atoms with Crippen molar-refractivity contribution in [1.82, 2.24) is 4.31 Å². The Kier molecular flexibility index (Phi) is 6.62. The molecule has 0 unspecified atom stereocenters. The first-order valence-corrected chi connectivity index (χ1v) is 11.5. The number of carbonyl (C=O) groups excluding carboxylic acids is 1. The Morgan fingerprint density at radius 2 is 1.58 bits per heavy atom. The predicted octanol–water partition coefficient (Wildman–Crippen LogP) is 3.48. The first-order chi connectivity index (χ1) is 14.6. The summed E-state index contributed by atoms with van der Waals surface area (Å²) in [5.74, 6) is 0.572. The highest BCUT2D eigenvalue weighted by atomic mass is 32.2. The number of nitrogens with zero attached hydrogens (tertiary/aromatic N) is 1. The quantitative estimate of drug-likeness (QED) is 0.631. The number of rotatable bonds is 6. The lowest BCUT2D eigenvalue weighted by atomic mass is 9.91. The smallest absolute Gasteiger partial charge is 0.307 e. The number of ether oxygens (including phenoxy) is 3. The number of hydrogen-bond donors (Lipinski definition) is 0. The van der Waals surface area contributed by atoms with Gasteiger partial charge in [0.1, 0.15) is 0 Å². The lowest BCUT2D eigenvalue weighted by Gasteiger charge is -2.37. The lowest BCUT2D eigenvalue weighted by Crippen LogP contribution is -2.41. The second kappa shape index (κ2) is 8.88. The van der Waals surface area contributed by atoms with Gasteiger partial charge in [-0.1, -0.05) is 17.7 Å². The van der Waals surface area contributed by atoms with Gasteiger partial charge in [0.05, 0.1) is 38.7 Å². The van der Waals surface area contributed by atoms with Crippen LogP contribution >= 0.6 is 0 Å². The molecule has 2 aromatic rings. The van der Waals surface area contributed by atoms with Crippen molar-refractivity contribution in [3.05, 3.63) is 52.1 Å². The molecule has 1 atom stereocenters. The van der Waals surface area contributed by atoms with Crippen LogP contribution in [0.2, 0.25) is 0 Å². The van der Waals surface area contributed by atoms with E-state index in [1.807, 2.05) is 25.1 Å². The minimum Gasteiger partial charge on any atom is -0.493 e. The van der Waals surface area contributed by atoms with Gasteiger partial charge in [0.15, 0.2) is 11.5 Å². The average molecular weight is 448 g/mol. The van der Waals surface area contributed by atoms with E-state index in [0.29, 0.717) is 29.0 Å². The molecule has 0 bridgehead atoms. The van der Waals surface area contributed by atoms with Crippen LogP contribution in [0.15, 0.2) is 29.2 Å². The molecule has 8 heteroatoms. The van der Waals surface area contributed by atoms with E-state index >= 15 is 0 Å². The van der Waals surface area contributed by atoms with E-state index < -0.39 is 22.0 Å². The largest absolute Gasteiger partial charge is 0.493 e. The van der Waals surface area contributed by atoms with Crippen molar-refractivity contribution in [1.29, 1.82) is 0 Å². The Labute approximate surface area is 184 Å². The number of carbonyl (C=O) groups is 1. The van der Waals surface area contributed by atoms with E-state index in [2.05, 4.69) is 0 Å². The minimum atomic E-state index is -3.87. The van der Waals surface area contributed by atoms with Crippen LogP contribution in [0.3, 0.4) is 0 Å². The second-order valence-electron chi connectivity index (χ2n) is 7.80.